The summed E-state index contributed by atoms with van der Waals surface area (Å²) >= 11 is 0. The molecule has 2 unspecified atom stereocenters. The van der Waals surface area contributed by atoms with Crippen molar-refractivity contribution in [2.75, 3.05) is 6.54 Å². The van der Waals surface area contributed by atoms with Crippen molar-refractivity contribution in [1.82, 2.24) is 25.1 Å². The van der Waals surface area contributed by atoms with Crippen molar-refractivity contribution in [3.05, 3.63) is 41.7 Å². The molecule has 0 aromatic carbocycles. The predicted octanol–water partition coefficient (Wildman–Crippen LogP) is 1.88. The zero-order chi connectivity index (χ0) is 13.7. The second kappa shape index (κ2) is 4.12. The Bertz CT molecular complexity index is 631. The van der Waals surface area contributed by atoms with Crippen molar-refractivity contribution in [2.24, 2.45) is 5.41 Å². The maximum absolute atomic E-state index is 4.48. The second-order valence-corrected chi connectivity index (χ2v) is 6.49. The van der Waals surface area contributed by atoms with Gasteiger partial charge < -0.3 is 9.88 Å². The van der Waals surface area contributed by atoms with Gasteiger partial charge in [-0.05, 0) is 23.5 Å². The van der Waals surface area contributed by atoms with E-state index in [1.54, 1.807) is 6.20 Å². The summed E-state index contributed by atoms with van der Waals surface area (Å²) in [5.74, 6) is 2.76. The molecular formula is C15H19N5. The zero-order valence-electron chi connectivity index (χ0n) is 11.9. The molecular weight excluding hydrogens is 250 g/mol. The van der Waals surface area contributed by atoms with E-state index in [1.165, 1.54) is 12.2 Å². The summed E-state index contributed by atoms with van der Waals surface area (Å²) < 4.78 is 2.31. The van der Waals surface area contributed by atoms with Gasteiger partial charge in [-0.2, -0.15) is 0 Å². The maximum atomic E-state index is 4.48. The molecule has 104 valence electrons. The van der Waals surface area contributed by atoms with Crippen LogP contribution in [-0.2, 0) is 6.54 Å². The van der Waals surface area contributed by atoms with Crippen LogP contribution in [-0.4, -0.2) is 26.3 Å². The van der Waals surface area contributed by atoms with Crippen LogP contribution in [0.25, 0.3) is 0 Å². The van der Waals surface area contributed by atoms with E-state index in [2.05, 4.69) is 45.0 Å². The van der Waals surface area contributed by atoms with Crippen LogP contribution in [0.4, 0.5) is 0 Å². The third-order valence-electron chi connectivity index (χ3n) is 4.59. The highest BCUT2D eigenvalue weighted by molar-refractivity contribution is 5.26. The molecule has 1 saturated carbocycles. The largest absolute Gasteiger partial charge is 0.312 e. The van der Waals surface area contributed by atoms with E-state index in [9.17, 15) is 0 Å². The molecule has 0 spiro atoms. The molecule has 20 heavy (non-hydrogen) atoms. The standard InChI is InChI=1S/C15H19N5/c1-15(2)8-11(15)13-18-19-14-12(17-6-7-20(13)14)10-4-3-5-16-9-10/h3-5,9,11-12,17H,6-8H2,1-2H3. The maximum Gasteiger partial charge on any atom is 0.154 e. The Morgan fingerprint density at radius 3 is 2.80 bits per heavy atom. The lowest BCUT2D eigenvalue weighted by Gasteiger charge is -2.25. The minimum Gasteiger partial charge on any atom is -0.312 e. The average molecular weight is 269 g/mol. The molecule has 3 heterocycles. The molecule has 1 aliphatic carbocycles. The molecule has 0 saturated heterocycles. The van der Waals surface area contributed by atoms with Gasteiger partial charge in [0.2, 0.25) is 0 Å². The lowest BCUT2D eigenvalue weighted by molar-refractivity contribution is 0.442. The van der Waals surface area contributed by atoms with Crippen LogP contribution in [0.2, 0.25) is 0 Å². The highest BCUT2D eigenvalue weighted by Crippen LogP contribution is 2.58. The highest BCUT2D eigenvalue weighted by Gasteiger charge is 2.50. The van der Waals surface area contributed by atoms with E-state index in [4.69, 9.17) is 0 Å². The summed E-state index contributed by atoms with van der Waals surface area (Å²) in [4.78, 5) is 4.21. The first kappa shape index (κ1) is 12.0. The fourth-order valence-electron chi connectivity index (χ4n) is 3.16. The number of nitrogens with one attached hydrogen (secondary N) is 1. The van der Waals surface area contributed by atoms with Crippen molar-refractivity contribution in [3.63, 3.8) is 0 Å². The Kier molecular flexibility index (Phi) is 2.48. The van der Waals surface area contributed by atoms with Crippen LogP contribution in [0.15, 0.2) is 24.5 Å². The Balaban J connectivity index is 1.73. The lowest BCUT2D eigenvalue weighted by atomic mass is 10.1. The first-order valence-corrected chi connectivity index (χ1v) is 7.23. The van der Waals surface area contributed by atoms with E-state index in [0.29, 0.717) is 11.3 Å². The minimum absolute atomic E-state index is 0.112. The van der Waals surface area contributed by atoms with Crippen molar-refractivity contribution < 1.29 is 0 Å². The molecule has 2 aliphatic rings. The Labute approximate surface area is 118 Å². The number of hydrogen-bond acceptors (Lipinski definition) is 4. The molecule has 0 bridgehead atoms. The van der Waals surface area contributed by atoms with Crippen LogP contribution < -0.4 is 5.32 Å². The smallest absolute Gasteiger partial charge is 0.154 e. The van der Waals surface area contributed by atoms with Crippen LogP contribution in [0.1, 0.15) is 49.4 Å². The fourth-order valence-corrected chi connectivity index (χ4v) is 3.16. The third-order valence-corrected chi connectivity index (χ3v) is 4.59. The van der Waals surface area contributed by atoms with E-state index < -0.39 is 0 Å². The van der Waals surface area contributed by atoms with Gasteiger partial charge in [0.05, 0.1) is 6.04 Å². The van der Waals surface area contributed by atoms with Gasteiger partial charge in [0.15, 0.2) is 5.82 Å². The molecule has 2 aromatic rings. The third kappa shape index (κ3) is 1.77. The number of nitrogens with zero attached hydrogens (tertiary/aromatic N) is 4. The van der Waals surface area contributed by atoms with Crippen LogP contribution in [0.5, 0.6) is 0 Å². The van der Waals surface area contributed by atoms with Gasteiger partial charge >= 0.3 is 0 Å². The summed E-state index contributed by atoms with van der Waals surface area (Å²) in [6.45, 7) is 6.52. The summed E-state index contributed by atoms with van der Waals surface area (Å²) in [6, 6.07) is 4.17. The molecule has 5 nitrogen and oxygen atoms in total. The van der Waals surface area contributed by atoms with Gasteiger partial charge in [0, 0.05) is 31.4 Å². The highest BCUT2D eigenvalue weighted by atomic mass is 15.3. The van der Waals surface area contributed by atoms with Gasteiger partial charge in [0.25, 0.3) is 0 Å². The molecule has 0 radical (unpaired) electrons. The van der Waals surface area contributed by atoms with Crippen molar-refractivity contribution in [2.45, 2.75) is 38.8 Å². The number of pyridine rings is 1. The van der Waals surface area contributed by atoms with Crippen molar-refractivity contribution in [3.8, 4) is 0 Å². The molecule has 1 aliphatic heterocycles. The summed E-state index contributed by atoms with van der Waals surface area (Å²) in [5, 5.41) is 12.5. The summed E-state index contributed by atoms with van der Waals surface area (Å²) in [5.41, 5.74) is 1.54. The van der Waals surface area contributed by atoms with Gasteiger partial charge in [-0.25, -0.2) is 0 Å². The first-order chi connectivity index (χ1) is 9.67. The van der Waals surface area contributed by atoms with Gasteiger partial charge in [-0.15, -0.1) is 10.2 Å². The number of fused-ring (bicyclic) bond motifs is 1. The zero-order valence-corrected chi connectivity index (χ0v) is 11.9. The van der Waals surface area contributed by atoms with Gasteiger partial charge in [-0.3, -0.25) is 4.98 Å². The normalized spacial score (nSPS) is 27.1. The summed E-state index contributed by atoms with van der Waals surface area (Å²) in [6.07, 6.45) is 4.92. The quantitative estimate of drug-likeness (QED) is 0.904. The fraction of sp³-hybridized carbons (Fsp3) is 0.533. The molecule has 2 aromatic heterocycles. The number of aromatic nitrogens is 4. The van der Waals surface area contributed by atoms with Crippen LogP contribution >= 0.6 is 0 Å². The van der Waals surface area contributed by atoms with Crippen molar-refractivity contribution in [1.29, 1.82) is 0 Å². The first-order valence-electron chi connectivity index (χ1n) is 7.23. The molecule has 2 atom stereocenters. The molecule has 5 heteroatoms. The topological polar surface area (TPSA) is 55.6 Å². The second-order valence-electron chi connectivity index (χ2n) is 6.49. The van der Waals surface area contributed by atoms with E-state index >= 15 is 0 Å². The lowest BCUT2D eigenvalue weighted by Crippen LogP contribution is -2.35. The Morgan fingerprint density at radius 1 is 1.30 bits per heavy atom. The number of rotatable bonds is 2. The van der Waals surface area contributed by atoms with Gasteiger partial charge in [0.1, 0.15) is 5.82 Å². The summed E-state index contributed by atoms with van der Waals surface area (Å²) in [7, 11) is 0. The SMILES string of the molecule is CC1(C)CC1c1nnc2n1CCNC2c1cccnc1. The molecule has 1 fully saturated rings. The molecule has 0 amide bonds. The monoisotopic (exact) mass is 269 g/mol. The predicted molar refractivity (Wildman–Crippen MR) is 75.2 cm³/mol. The van der Waals surface area contributed by atoms with E-state index in [1.807, 2.05) is 12.3 Å². The minimum atomic E-state index is 0.112. The van der Waals surface area contributed by atoms with E-state index in [-0.39, 0.29) is 6.04 Å². The molecule has 1 N–H and O–H groups in total. The molecule has 4 rings (SSSR count). The van der Waals surface area contributed by atoms with Crippen molar-refractivity contribution >= 4 is 0 Å². The Morgan fingerprint density at radius 2 is 2.10 bits per heavy atom. The average Bonchev–Trinajstić information content (AvgIpc) is 2.91. The van der Waals surface area contributed by atoms with Crippen LogP contribution in [0.3, 0.4) is 0 Å². The van der Waals surface area contributed by atoms with E-state index in [0.717, 1.165) is 24.5 Å². The van der Waals surface area contributed by atoms with Crippen LogP contribution in [0, 0.1) is 5.41 Å². The Hall–Kier alpha value is -1.75. The van der Waals surface area contributed by atoms with Gasteiger partial charge in [-0.1, -0.05) is 19.9 Å². The number of hydrogen-bond donors (Lipinski definition) is 1.